The van der Waals surface area contributed by atoms with Gasteiger partial charge in [0.15, 0.2) is 0 Å². The number of nitrogens with one attached hydrogen (secondary N) is 2. The van der Waals surface area contributed by atoms with Crippen LogP contribution in [0.1, 0.15) is 0 Å². The van der Waals surface area contributed by atoms with Crippen LogP contribution in [0.4, 0.5) is 0 Å². The molecule has 0 aliphatic heterocycles. The van der Waals surface area contributed by atoms with Crippen molar-refractivity contribution in [3.8, 4) is 0 Å². The summed E-state index contributed by atoms with van der Waals surface area (Å²) in [6.45, 7) is 0.938. The SMILES string of the molecule is O=C(NCCNCCS(=O)(=O)O)C1=C/C=C\C=C/C=C1. The third-order valence-corrected chi connectivity index (χ3v) is 3.10. The Balaban J connectivity index is 2.23. The minimum atomic E-state index is -3.93. The monoisotopic (exact) mass is 298 g/mol. The summed E-state index contributed by atoms with van der Waals surface area (Å²) in [6, 6.07) is 0. The highest BCUT2D eigenvalue weighted by molar-refractivity contribution is 7.85. The van der Waals surface area contributed by atoms with Gasteiger partial charge >= 0.3 is 0 Å². The van der Waals surface area contributed by atoms with E-state index in [0.29, 0.717) is 18.7 Å². The van der Waals surface area contributed by atoms with E-state index >= 15 is 0 Å². The van der Waals surface area contributed by atoms with Gasteiger partial charge in [-0.15, -0.1) is 0 Å². The van der Waals surface area contributed by atoms with Gasteiger partial charge in [-0.2, -0.15) is 8.42 Å². The summed E-state index contributed by atoms with van der Waals surface area (Å²) in [6.07, 6.45) is 12.5. The molecule has 0 heterocycles. The molecule has 0 atom stereocenters. The highest BCUT2D eigenvalue weighted by Crippen LogP contribution is 2.01. The van der Waals surface area contributed by atoms with E-state index in [2.05, 4.69) is 10.6 Å². The van der Waals surface area contributed by atoms with Gasteiger partial charge in [-0.1, -0.05) is 30.4 Å². The van der Waals surface area contributed by atoms with Crippen LogP contribution in [0.3, 0.4) is 0 Å². The number of carbonyl (C=O) groups is 1. The first kappa shape index (κ1) is 16.4. The van der Waals surface area contributed by atoms with Gasteiger partial charge < -0.3 is 10.6 Å². The molecule has 1 rings (SSSR count). The summed E-state index contributed by atoms with van der Waals surface area (Å²) in [5, 5.41) is 5.51. The summed E-state index contributed by atoms with van der Waals surface area (Å²) in [7, 11) is -3.93. The molecule has 0 aromatic carbocycles. The first-order valence-corrected chi connectivity index (χ1v) is 7.76. The second kappa shape index (κ2) is 8.47. The average molecular weight is 298 g/mol. The zero-order valence-electron chi connectivity index (χ0n) is 11.0. The van der Waals surface area contributed by atoms with Gasteiger partial charge in [0, 0.05) is 25.2 Å². The topological polar surface area (TPSA) is 95.5 Å². The second-order valence-corrected chi connectivity index (χ2v) is 5.61. The van der Waals surface area contributed by atoms with E-state index in [9.17, 15) is 13.2 Å². The molecule has 0 bridgehead atoms. The van der Waals surface area contributed by atoms with Crippen molar-refractivity contribution in [3.63, 3.8) is 0 Å². The molecule has 110 valence electrons. The molecule has 0 aromatic heterocycles. The zero-order chi connectivity index (χ0) is 14.8. The van der Waals surface area contributed by atoms with Crippen LogP contribution < -0.4 is 10.6 Å². The molecule has 0 saturated heterocycles. The molecule has 0 aromatic rings. The van der Waals surface area contributed by atoms with Crippen LogP contribution in [-0.4, -0.2) is 44.3 Å². The van der Waals surface area contributed by atoms with Crippen LogP contribution in [0, 0.1) is 0 Å². The number of hydrogen-bond donors (Lipinski definition) is 3. The van der Waals surface area contributed by atoms with Gasteiger partial charge in [-0.05, 0) is 12.2 Å². The molecule has 20 heavy (non-hydrogen) atoms. The van der Waals surface area contributed by atoms with E-state index in [0.717, 1.165) is 0 Å². The van der Waals surface area contributed by atoms with Gasteiger partial charge in [0.05, 0.1) is 5.75 Å². The second-order valence-electron chi connectivity index (χ2n) is 4.04. The van der Waals surface area contributed by atoms with Crippen molar-refractivity contribution in [2.24, 2.45) is 0 Å². The van der Waals surface area contributed by atoms with Gasteiger partial charge in [0.1, 0.15) is 0 Å². The van der Waals surface area contributed by atoms with E-state index in [4.69, 9.17) is 4.55 Å². The highest BCUT2D eigenvalue weighted by Gasteiger charge is 2.05. The quantitative estimate of drug-likeness (QED) is 0.460. The normalized spacial score (nSPS) is 17.8. The van der Waals surface area contributed by atoms with E-state index in [-0.39, 0.29) is 18.2 Å². The molecule has 7 heteroatoms. The molecular weight excluding hydrogens is 280 g/mol. The van der Waals surface area contributed by atoms with Crippen molar-refractivity contribution < 1.29 is 17.8 Å². The third kappa shape index (κ3) is 7.67. The molecule has 1 aliphatic rings. The van der Waals surface area contributed by atoms with Crippen molar-refractivity contribution >= 4 is 16.0 Å². The Hall–Kier alpha value is -1.70. The summed E-state index contributed by atoms with van der Waals surface area (Å²) in [4.78, 5) is 11.8. The fourth-order valence-electron chi connectivity index (χ4n) is 1.41. The molecule has 1 aliphatic carbocycles. The summed E-state index contributed by atoms with van der Waals surface area (Å²) >= 11 is 0. The maximum atomic E-state index is 11.8. The average Bonchev–Trinajstić information content (AvgIpc) is 2.31. The Morgan fingerprint density at radius 1 is 1.05 bits per heavy atom. The van der Waals surface area contributed by atoms with Crippen LogP contribution in [0.15, 0.2) is 48.1 Å². The zero-order valence-corrected chi connectivity index (χ0v) is 11.8. The smallest absolute Gasteiger partial charge is 0.266 e. The molecule has 0 saturated carbocycles. The molecule has 3 N–H and O–H groups in total. The van der Waals surface area contributed by atoms with E-state index in [1.807, 2.05) is 18.2 Å². The van der Waals surface area contributed by atoms with Crippen molar-refractivity contribution in [3.05, 3.63) is 48.1 Å². The van der Waals surface area contributed by atoms with Crippen LogP contribution in [0.2, 0.25) is 0 Å². The minimum Gasteiger partial charge on any atom is -0.351 e. The third-order valence-electron chi connectivity index (χ3n) is 2.38. The Kier molecular flexibility index (Phi) is 6.92. The molecule has 1 amide bonds. The van der Waals surface area contributed by atoms with Crippen molar-refractivity contribution in [1.29, 1.82) is 0 Å². The van der Waals surface area contributed by atoms with Gasteiger partial charge in [0.2, 0.25) is 0 Å². The molecule has 0 unspecified atom stereocenters. The molecule has 0 fully saturated rings. The van der Waals surface area contributed by atoms with Crippen molar-refractivity contribution in [2.75, 3.05) is 25.4 Å². The molecule has 0 spiro atoms. The fourth-order valence-corrected chi connectivity index (χ4v) is 1.81. The predicted octanol–water partition coefficient (Wildman–Crippen LogP) is 0.189. The first-order valence-electron chi connectivity index (χ1n) is 6.15. The standard InChI is InChI=1S/C13H18N2O4S/c16-13(12-6-4-2-1-3-5-7-12)15-9-8-14-10-11-20(17,18)19/h1-7,14H,8-11H2,(H,15,16)(H,17,18,19)/b2-1-,3-1?,4-2?,5-3-,6-4?,7-5?,12-6?,12-7?. The maximum absolute atomic E-state index is 11.8. The number of rotatable bonds is 7. The molecule has 6 nitrogen and oxygen atoms in total. The summed E-state index contributed by atoms with van der Waals surface area (Å²) in [5.41, 5.74) is 0.545. The number of hydrogen-bond acceptors (Lipinski definition) is 4. The van der Waals surface area contributed by atoms with Crippen molar-refractivity contribution in [1.82, 2.24) is 10.6 Å². The highest BCUT2D eigenvalue weighted by atomic mass is 32.2. The lowest BCUT2D eigenvalue weighted by molar-refractivity contribution is -0.117. The van der Waals surface area contributed by atoms with Crippen LogP contribution in [-0.2, 0) is 14.9 Å². The van der Waals surface area contributed by atoms with E-state index in [1.165, 1.54) is 0 Å². The van der Waals surface area contributed by atoms with Crippen LogP contribution in [0.5, 0.6) is 0 Å². The van der Waals surface area contributed by atoms with E-state index < -0.39 is 10.1 Å². The summed E-state index contributed by atoms with van der Waals surface area (Å²) < 4.78 is 29.4. The lowest BCUT2D eigenvalue weighted by Crippen LogP contribution is -2.34. The van der Waals surface area contributed by atoms with E-state index in [1.54, 1.807) is 24.3 Å². The Morgan fingerprint density at radius 3 is 2.50 bits per heavy atom. The predicted molar refractivity (Wildman–Crippen MR) is 77.8 cm³/mol. The lowest BCUT2D eigenvalue weighted by atomic mass is 10.1. The van der Waals surface area contributed by atoms with Gasteiger partial charge in [-0.25, -0.2) is 0 Å². The Labute approximate surface area is 118 Å². The Bertz CT molecular complexity index is 545. The lowest BCUT2D eigenvalue weighted by Gasteiger charge is -2.07. The van der Waals surface area contributed by atoms with Crippen molar-refractivity contribution in [2.45, 2.75) is 0 Å². The molecule has 0 radical (unpaired) electrons. The Morgan fingerprint density at radius 2 is 1.75 bits per heavy atom. The number of allylic oxidation sites excluding steroid dienone is 6. The summed E-state index contributed by atoms with van der Waals surface area (Å²) in [5.74, 6) is -0.538. The largest absolute Gasteiger partial charge is 0.351 e. The fraction of sp³-hybridized carbons (Fsp3) is 0.308. The minimum absolute atomic E-state index is 0.144. The molecular formula is C13H18N2O4S. The maximum Gasteiger partial charge on any atom is 0.266 e. The first-order chi connectivity index (χ1) is 9.49. The van der Waals surface area contributed by atoms with Crippen LogP contribution in [0.25, 0.3) is 0 Å². The number of amides is 1. The van der Waals surface area contributed by atoms with Gasteiger partial charge in [0.25, 0.3) is 16.0 Å². The van der Waals surface area contributed by atoms with Crippen LogP contribution >= 0.6 is 0 Å². The number of carbonyl (C=O) groups excluding carboxylic acids is 1. The van der Waals surface area contributed by atoms with Gasteiger partial charge in [-0.3, -0.25) is 9.35 Å².